The van der Waals surface area contributed by atoms with Crippen LogP contribution in [-0.4, -0.2) is 29.5 Å². The van der Waals surface area contributed by atoms with Crippen LogP contribution in [-0.2, 0) is 10.0 Å². The average molecular weight is 354 g/mol. The summed E-state index contributed by atoms with van der Waals surface area (Å²) in [6.45, 7) is 0. The predicted molar refractivity (Wildman–Crippen MR) is 74.1 cm³/mol. The summed E-state index contributed by atoms with van der Waals surface area (Å²) < 4.78 is 26.3. The second-order valence-corrected chi connectivity index (χ2v) is 6.70. The van der Waals surface area contributed by atoms with Crippen molar-refractivity contribution in [2.45, 2.75) is 4.90 Å². The van der Waals surface area contributed by atoms with Gasteiger partial charge < -0.3 is 5.11 Å². The third kappa shape index (κ3) is 3.01. The van der Waals surface area contributed by atoms with E-state index < -0.39 is 16.0 Å². The van der Waals surface area contributed by atoms with Gasteiger partial charge in [-0.3, -0.25) is 4.72 Å². The van der Waals surface area contributed by atoms with Gasteiger partial charge in [-0.05, 0) is 6.07 Å². The number of nitrogens with zero attached hydrogens (tertiary/aromatic N) is 2. The van der Waals surface area contributed by atoms with Crippen molar-refractivity contribution in [2.24, 2.45) is 0 Å². The highest BCUT2D eigenvalue weighted by molar-refractivity contribution is 7.92. The third-order valence-corrected chi connectivity index (χ3v) is 5.06. The largest absolute Gasteiger partial charge is 0.477 e. The first kappa shape index (κ1) is 15.0. The predicted octanol–water partition coefficient (Wildman–Crippen LogP) is 2.34. The molecule has 0 aliphatic rings. The Morgan fingerprint density at radius 2 is 1.90 bits per heavy atom. The fourth-order valence-electron chi connectivity index (χ4n) is 1.19. The summed E-state index contributed by atoms with van der Waals surface area (Å²) in [5.74, 6) is -1.21. The molecule has 106 valence electrons. The zero-order chi connectivity index (χ0) is 14.9. The van der Waals surface area contributed by atoms with Gasteiger partial charge in [0, 0.05) is 5.38 Å². The minimum atomic E-state index is -4.02. The van der Waals surface area contributed by atoms with Crippen molar-refractivity contribution in [3.8, 4) is 0 Å². The minimum absolute atomic E-state index is 0.105. The summed E-state index contributed by atoms with van der Waals surface area (Å²) >= 11 is 12.2. The van der Waals surface area contributed by atoms with E-state index >= 15 is 0 Å². The number of halogens is 2. The molecule has 0 saturated carbocycles. The highest BCUT2D eigenvalue weighted by Crippen LogP contribution is 2.29. The van der Waals surface area contributed by atoms with Crippen LogP contribution in [0, 0.1) is 0 Å². The Hall–Kier alpha value is -1.42. The van der Waals surface area contributed by atoms with E-state index in [1.54, 1.807) is 0 Å². The number of sulfonamides is 1. The lowest BCUT2D eigenvalue weighted by molar-refractivity contribution is 0.0702. The lowest BCUT2D eigenvalue weighted by Crippen LogP contribution is -2.13. The molecule has 0 aliphatic heterocycles. The third-order valence-electron chi connectivity index (χ3n) is 2.09. The number of carboxylic acids is 1. The molecule has 2 aromatic rings. The van der Waals surface area contributed by atoms with Crippen molar-refractivity contribution in [1.29, 1.82) is 0 Å². The van der Waals surface area contributed by atoms with Crippen molar-refractivity contribution in [3.63, 3.8) is 0 Å². The lowest BCUT2D eigenvalue weighted by atomic mass is 10.5. The Morgan fingerprint density at radius 3 is 2.40 bits per heavy atom. The smallest absolute Gasteiger partial charge is 0.345 e. The molecular weight excluding hydrogens is 349 g/mol. The van der Waals surface area contributed by atoms with Gasteiger partial charge in [0.1, 0.15) is 16.9 Å². The normalized spacial score (nSPS) is 11.3. The topological polar surface area (TPSA) is 109 Å². The first-order chi connectivity index (χ1) is 9.31. The molecule has 0 aliphatic carbocycles. The number of thiophene rings is 1. The van der Waals surface area contributed by atoms with E-state index in [0.717, 1.165) is 23.7 Å². The van der Waals surface area contributed by atoms with Crippen molar-refractivity contribution in [3.05, 3.63) is 33.0 Å². The fraction of sp³-hybridized carbons (Fsp3) is 0. The molecule has 2 N–H and O–H groups in total. The quantitative estimate of drug-likeness (QED) is 0.816. The standard InChI is InChI=1S/C9H5Cl2N3O4S2/c10-7-6(8(11)13-3-12-7)14-20(17,18)4-1-5(9(15)16)19-2-4/h1-3,14H,(H,15,16). The van der Waals surface area contributed by atoms with Crippen LogP contribution < -0.4 is 4.72 Å². The van der Waals surface area contributed by atoms with E-state index in [1.165, 1.54) is 5.38 Å². The highest BCUT2D eigenvalue weighted by Gasteiger charge is 2.21. The van der Waals surface area contributed by atoms with E-state index in [1.807, 2.05) is 0 Å². The number of aromatic carboxylic acids is 1. The van der Waals surface area contributed by atoms with Crippen molar-refractivity contribution in [2.75, 3.05) is 4.72 Å². The maximum absolute atomic E-state index is 12.1. The van der Waals surface area contributed by atoms with Gasteiger partial charge in [-0.1, -0.05) is 23.2 Å². The molecule has 0 saturated heterocycles. The number of rotatable bonds is 4. The van der Waals surface area contributed by atoms with E-state index in [0.29, 0.717) is 0 Å². The molecule has 0 amide bonds. The summed E-state index contributed by atoms with van der Waals surface area (Å²) in [4.78, 5) is 17.6. The molecule has 0 radical (unpaired) electrons. The molecule has 7 nitrogen and oxygen atoms in total. The fourth-order valence-corrected chi connectivity index (χ4v) is 3.90. The van der Waals surface area contributed by atoms with Crippen LogP contribution >= 0.6 is 34.5 Å². The number of carboxylic acid groups (broad SMARTS) is 1. The summed E-state index contributed by atoms with van der Waals surface area (Å²) in [7, 11) is -4.02. The summed E-state index contributed by atoms with van der Waals surface area (Å²) in [6.07, 6.45) is 1.08. The Balaban J connectivity index is 2.38. The van der Waals surface area contributed by atoms with Gasteiger partial charge >= 0.3 is 5.97 Å². The number of nitrogens with one attached hydrogen (secondary N) is 1. The number of aromatic nitrogens is 2. The molecule has 20 heavy (non-hydrogen) atoms. The maximum atomic E-state index is 12.1. The molecule has 0 bridgehead atoms. The molecule has 2 aromatic heterocycles. The molecule has 0 spiro atoms. The summed E-state index contributed by atoms with van der Waals surface area (Å²) in [6, 6.07) is 1.03. The number of anilines is 1. The van der Waals surface area contributed by atoms with Crippen molar-refractivity contribution in [1.82, 2.24) is 9.97 Å². The summed E-state index contributed by atoms with van der Waals surface area (Å²) in [5.41, 5.74) is -0.168. The van der Waals surface area contributed by atoms with Crippen LogP contribution in [0.1, 0.15) is 9.67 Å². The van der Waals surface area contributed by atoms with Crippen molar-refractivity contribution < 1.29 is 18.3 Å². The Bertz CT molecular complexity index is 755. The molecule has 0 atom stereocenters. The van der Waals surface area contributed by atoms with E-state index in [2.05, 4.69) is 14.7 Å². The maximum Gasteiger partial charge on any atom is 0.345 e. The first-order valence-electron chi connectivity index (χ1n) is 4.82. The summed E-state index contributed by atoms with van der Waals surface area (Å²) in [5, 5.41) is 9.64. The molecule has 2 rings (SSSR count). The molecule has 0 fully saturated rings. The Kier molecular flexibility index (Phi) is 4.14. The zero-order valence-electron chi connectivity index (χ0n) is 9.37. The first-order valence-corrected chi connectivity index (χ1v) is 7.94. The van der Waals surface area contributed by atoms with Crippen LogP contribution in [0.25, 0.3) is 0 Å². The van der Waals surface area contributed by atoms with Crippen LogP contribution in [0.3, 0.4) is 0 Å². The zero-order valence-corrected chi connectivity index (χ0v) is 12.5. The lowest BCUT2D eigenvalue weighted by Gasteiger charge is -2.08. The molecular formula is C9H5Cl2N3O4S2. The van der Waals surface area contributed by atoms with Gasteiger partial charge in [-0.25, -0.2) is 23.2 Å². The van der Waals surface area contributed by atoms with Gasteiger partial charge in [-0.15, -0.1) is 11.3 Å². The van der Waals surface area contributed by atoms with Gasteiger partial charge in [0.2, 0.25) is 0 Å². The second-order valence-electron chi connectivity index (χ2n) is 3.39. The van der Waals surface area contributed by atoms with Gasteiger partial charge in [-0.2, -0.15) is 0 Å². The molecule has 0 unspecified atom stereocenters. The number of hydrogen-bond acceptors (Lipinski definition) is 6. The van der Waals surface area contributed by atoms with E-state index in [9.17, 15) is 13.2 Å². The number of carbonyl (C=O) groups is 1. The van der Waals surface area contributed by atoms with E-state index in [-0.39, 0.29) is 25.8 Å². The van der Waals surface area contributed by atoms with Crippen LogP contribution in [0.2, 0.25) is 10.3 Å². The van der Waals surface area contributed by atoms with Gasteiger partial charge in [0.05, 0.1) is 4.90 Å². The van der Waals surface area contributed by atoms with Crippen LogP contribution in [0.4, 0.5) is 5.69 Å². The monoisotopic (exact) mass is 353 g/mol. The van der Waals surface area contributed by atoms with Crippen molar-refractivity contribution >= 4 is 56.2 Å². The molecule has 0 aromatic carbocycles. The number of hydrogen-bond donors (Lipinski definition) is 2. The van der Waals surface area contributed by atoms with Crippen LogP contribution in [0.15, 0.2) is 22.7 Å². The van der Waals surface area contributed by atoms with E-state index in [4.69, 9.17) is 28.3 Å². The Labute approximate surface area is 127 Å². The minimum Gasteiger partial charge on any atom is -0.477 e. The second kappa shape index (κ2) is 5.52. The van der Waals surface area contributed by atoms with Gasteiger partial charge in [0.25, 0.3) is 10.0 Å². The Morgan fingerprint density at radius 1 is 1.30 bits per heavy atom. The highest BCUT2D eigenvalue weighted by atomic mass is 35.5. The van der Waals surface area contributed by atoms with Crippen LogP contribution in [0.5, 0.6) is 0 Å². The SMILES string of the molecule is O=C(O)c1cc(S(=O)(=O)Nc2c(Cl)ncnc2Cl)cs1. The molecule has 2 heterocycles. The van der Waals surface area contributed by atoms with Gasteiger partial charge in [0.15, 0.2) is 10.3 Å². The molecule has 11 heteroatoms. The average Bonchev–Trinajstić information content (AvgIpc) is 2.84.